The molecule has 9 rings (SSSR count). The third kappa shape index (κ3) is 4.11. The SMILES string of the molecule is Cc1ccc(-c2ccc(-c3ccc(C)cc3)c(-n3c4ccccc4c4cc(-n5c6ccccc6c6ccccc65)ccc43)c2)cc1. The van der Waals surface area contributed by atoms with Crippen LogP contribution < -0.4 is 0 Å². The van der Waals surface area contributed by atoms with Gasteiger partial charge in [0.15, 0.2) is 0 Å². The summed E-state index contributed by atoms with van der Waals surface area (Å²) in [5.41, 5.74) is 14.6. The molecular formula is C44H32N2. The van der Waals surface area contributed by atoms with Gasteiger partial charge in [0.25, 0.3) is 0 Å². The van der Waals surface area contributed by atoms with Gasteiger partial charge in [-0.05, 0) is 73.0 Å². The summed E-state index contributed by atoms with van der Waals surface area (Å²) in [7, 11) is 0. The number of rotatable bonds is 4. The summed E-state index contributed by atoms with van der Waals surface area (Å²) in [5, 5.41) is 5.04. The van der Waals surface area contributed by atoms with E-state index in [2.05, 4.69) is 181 Å². The van der Waals surface area contributed by atoms with Crippen molar-refractivity contribution in [2.75, 3.05) is 0 Å². The Morgan fingerprint density at radius 2 is 0.826 bits per heavy atom. The monoisotopic (exact) mass is 588 g/mol. The Labute approximate surface area is 268 Å². The molecule has 9 aromatic rings. The first-order chi connectivity index (χ1) is 22.6. The number of hydrogen-bond donors (Lipinski definition) is 0. The van der Waals surface area contributed by atoms with Crippen LogP contribution in [0.15, 0.2) is 158 Å². The Hall–Kier alpha value is -5.86. The van der Waals surface area contributed by atoms with Gasteiger partial charge in [0.2, 0.25) is 0 Å². The molecule has 0 aliphatic heterocycles. The summed E-state index contributed by atoms with van der Waals surface area (Å²) in [4.78, 5) is 0. The fourth-order valence-corrected chi connectivity index (χ4v) is 7.18. The number of nitrogens with zero attached hydrogens (tertiary/aromatic N) is 2. The number of hydrogen-bond acceptors (Lipinski definition) is 0. The van der Waals surface area contributed by atoms with Crippen molar-refractivity contribution in [1.29, 1.82) is 0 Å². The van der Waals surface area contributed by atoms with Crippen LogP contribution in [-0.4, -0.2) is 9.13 Å². The molecule has 0 bridgehead atoms. The van der Waals surface area contributed by atoms with Crippen LogP contribution >= 0.6 is 0 Å². The van der Waals surface area contributed by atoms with Gasteiger partial charge in [-0.3, -0.25) is 0 Å². The molecule has 0 amide bonds. The topological polar surface area (TPSA) is 9.86 Å². The van der Waals surface area contributed by atoms with Crippen LogP contribution in [0.1, 0.15) is 11.1 Å². The van der Waals surface area contributed by atoms with Crippen LogP contribution in [0.3, 0.4) is 0 Å². The Kier molecular flexibility index (Phi) is 5.97. The van der Waals surface area contributed by atoms with Crippen LogP contribution in [-0.2, 0) is 0 Å². The van der Waals surface area contributed by atoms with Crippen molar-refractivity contribution < 1.29 is 0 Å². The second kappa shape index (κ2) is 10.4. The van der Waals surface area contributed by atoms with Crippen molar-refractivity contribution in [3.8, 4) is 33.6 Å². The van der Waals surface area contributed by atoms with E-state index < -0.39 is 0 Å². The molecule has 0 spiro atoms. The van der Waals surface area contributed by atoms with Gasteiger partial charge in [0.05, 0.1) is 27.8 Å². The van der Waals surface area contributed by atoms with Gasteiger partial charge in [-0.25, -0.2) is 0 Å². The second-order valence-electron chi connectivity index (χ2n) is 12.4. The normalized spacial score (nSPS) is 11.7. The molecule has 0 aliphatic carbocycles. The predicted molar refractivity (Wildman–Crippen MR) is 195 cm³/mol. The standard InChI is InChI=1S/C44H32N2/c1-29-15-19-31(20-16-29)33-23-25-35(32-21-17-30(2)18-22-32)44(27-33)46-42-14-8-5-11-38(42)39-28-34(24-26-43(39)46)45-40-12-6-3-9-36(40)37-10-4-7-13-41(37)45/h3-28H,1-2H3. The molecule has 0 saturated heterocycles. The second-order valence-corrected chi connectivity index (χ2v) is 12.4. The maximum Gasteiger partial charge on any atom is 0.0546 e. The van der Waals surface area contributed by atoms with Crippen molar-refractivity contribution in [2.45, 2.75) is 13.8 Å². The predicted octanol–water partition coefficient (Wildman–Crippen LogP) is 11.8. The van der Waals surface area contributed by atoms with Crippen molar-refractivity contribution in [2.24, 2.45) is 0 Å². The van der Waals surface area contributed by atoms with Gasteiger partial charge in [-0.15, -0.1) is 0 Å². The smallest absolute Gasteiger partial charge is 0.0546 e. The molecule has 2 aromatic heterocycles. The van der Waals surface area contributed by atoms with Crippen molar-refractivity contribution in [1.82, 2.24) is 9.13 Å². The quantitative estimate of drug-likeness (QED) is 0.194. The molecule has 46 heavy (non-hydrogen) atoms. The lowest BCUT2D eigenvalue weighted by Gasteiger charge is -2.17. The minimum absolute atomic E-state index is 1.17. The number of aromatic nitrogens is 2. The third-order valence-electron chi connectivity index (χ3n) is 9.48. The summed E-state index contributed by atoms with van der Waals surface area (Å²) >= 11 is 0. The van der Waals surface area contributed by atoms with Gasteiger partial charge in [-0.2, -0.15) is 0 Å². The summed E-state index contributed by atoms with van der Waals surface area (Å²) in [6.45, 7) is 4.29. The zero-order valence-electron chi connectivity index (χ0n) is 25.9. The lowest BCUT2D eigenvalue weighted by molar-refractivity contribution is 1.17. The minimum Gasteiger partial charge on any atom is -0.309 e. The average molecular weight is 589 g/mol. The highest BCUT2D eigenvalue weighted by atomic mass is 15.0. The van der Waals surface area contributed by atoms with Gasteiger partial charge in [0, 0.05) is 32.8 Å². The highest BCUT2D eigenvalue weighted by Crippen LogP contribution is 2.40. The van der Waals surface area contributed by atoms with Gasteiger partial charge in [0.1, 0.15) is 0 Å². The fourth-order valence-electron chi connectivity index (χ4n) is 7.18. The molecule has 7 aromatic carbocycles. The van der Waals surface area contributed by atoms with Crippen molar-refractivity contribution >= 4 is 43.6 Å². The van der Waals surface area contributed by atoms with E-state index in [-0.39, 0.29) is 0 Å². The molecule has 0 radical (unpaired) electrons. The molecule has 0 N–H and O–H groups in total. The van der Waals surface area contributed by atoms with E-state index in [0.717, 1.165) is 0 Å². The first kappa shape index (κ1) is 26.5. The van der Waals surface area contributed by atoms with Gasteiger partial charge >= 0.3 is 0 Å². The lowest BCUT2D eigenvalue weighted by atomic mass is 9.97. The van der Waals surface area contributed by atoms with E-state index in [0.29, 0.717) is 0 Å². The molecular weight excluding hydrogens is 556 g/mol. The Morgan fingerprint density at radius 3 is 1.43 bits per heavy atom. The zero-order valence-corrected chi connectivity index (χ0v) is 25.9. The highest BCUT2D eigenvalue weighted by molar-refractivity contribution is 6.12. The number of aryl methyl sites for hydroxylation is 2. The van der Waals surface area contributed by atoms with E-state index in [9.17, 15) is 0 Å². The number of para-hydroxylation sites is 3. The van der Waals surface area contributed by atoms with E-state index >= 15 is 0 Å². The molecule has 2 heteroatoms. The first-order valence-corrected chi connectivity index (χ1v) is 15.9. The molecule has 0 aliphatic rings. The molecule has 218 valence electrons. The third-order valence-corrected chi connectivity index (χ3v) is 9.48. The van der Waals surface area contributed by atoms with E-state index in [4.69, 9.17) is 0 Å². The summed E-state index contributed by atoms with van der Waals surface area (Å²) in [6, 6.07) is 57.9. The summed E-state index contributed by atoms with van der Waals surface area (Å²) < 4.78 is 4.87. The van der Waals surface area contributed by atoms with Crippen LogP contribution in [0, 0.1) is 13.8 Å². The van der Waals surface area contributed by atoms with Gasteiger partial charge < -0.3 is 9.13 Å². The first-order valence-electron chi connectivity index (χ1n) is 15.9. The number of benzene rings is 7. The van der Waals surface area contributed by atoms with Crippen LogP contribution in [0.25, 0.3) is 77.2 Å². The fraction of sp³-hybridized carbons (Fsp3) is 0.0455. The summed E-state index contributed by atoms with van der Waals surface area (Å²) in [5.74, 6) is 0. The molecule has 2 heterocycles. The molecule has 0 unspecified atom stereocenters. The maximum absolute atomic E-state index is 2.47. The van der Waals surface area contributed by atoms with Crippen molar-refractivity contribution in [3.63, 3.8) is 0 Å². The van der Waals surface area contributed by atoms with Crippen LogP contribution in [0.4, 0.5) is 0 Å². The number of fused-ring (bicyclic) bond motifs is 6. The zero-order chi connectivity index (χ0) is 30.8. The summed E-state index contributed by atoms with van der Waals surface area (Å²) in [6.07, 6.45) is 0. The largest absolute Gasteiger partial charge is 0.309 e. The minimum atomic E-state index is 1.17. The molecule has 0 fully saturated rings. The highest BCUT2D eigenvalue weighted by Gasteiger charge is 2.19. The van der Waals surface area contributed by atoms with Crippen LogP contribution in [0.5, 0.6) is 0 Å². The van der Waals surface area contributed by atoms with E-state index in [1.165, 1.54) is 88.4 Å². The Morgan fingerprint density at radius 1 is 0.348 bits per heavy atom. The van der Waals surface area contributed by atoms with E-state index in [1.54, 1.807) is 0 Å². The lowest BCUT2D eigenvalue weighted by Crippen LogP contribution is -1.99. The molecule has 0 atom stereocenters. The Balaban J connectivity index is 1.34. The van der Waals surface area contributed by atoms with Gasteiger partial charge in [-0.1, -0.05) is 126 Å². The molecule has 0 saturated carbocycles. The molecule has 2 nitrogen and oxygen atoms in total. The average Bonchev–Trinajstić information content (AvgIpc) is 3.61. The van der Waals surface area contributed by atoms with Crippen LogP contribution in [0.2, 0.25) is 0 Å². The van der Waals surface area contributed by atoms with Crippen molar-refractivity contribution in [3.05, 3.63) is 169 Å². The van der Waals surface area contributed by atoms with E-state index in [1.807, 2.05) is 0 Å². The Bertz CT molecular complexity index is 2520. The maximum atomic E-state index is 2.47.